The first kappa shape index (κ1) is 17.2. The highest BCUT2D eigenvalue weighted by molar-refractivity contribution is 6.34. The van der Waals surface area contributed by atoms with Crippen LogP contribution < -0.4 is 0 Å². The highest BCUT2D eigenvalue weighted by Crippen LogP contribution is 2.23. The molecule has 0 fully saturated rings. The Hall–Kier alpha value is -2.12. The first-order valence-corrected chi connectivity index (χ1v) is 6.52. The monoisotopic (exact) mass is 366 g/mol. The van der Waals surface area contributed by atoms with E-state index in [1.807, 2.05) is 0 Å². The summed E-state index contributed by atoms with van der Waals surface area (Å²) in [6, 6.07) is 1.87. The van der Waals surface area contributed by atoms with Gasteiger partial charge < -0.3 is 4.74 Å². The Morgan fingerprint density at radius 3 is 1.91 bits per heavy atom. The topological polar surface area (TPSA) is 43.4 Å². The predicted molar refractivity (Wildman–Crippen MR) is 72.5 cm³/mol. The summed E-state index contributed by atoms with van der Waals surface area (Å²) >= 11 is 10.9. The standard InChI is InChI=1S/C14H4Cl2F4O3/c15-7-3-12(20)11(19)2-5(7)13(21)23-14(22)6-1-8(16)10(18)4-9(6)17/h1-4H. The van der Waals surface area contributed by atoms with Crippen molar-refractivity contribution in [1.29, 1.82) is 0 Å². The number of rotatable bonds is 2. The van der Waals surface area contributed by atoms with Crippen LogP contribution >= 0.6 is 23.2 Å². The normalized spacial score (nSPS) is 10.5. The Balaban J connectivity index is 2.29. The fourth-order valence-corrected chi connectivity index (χ4v) is 1.94. The average molecular weight is 367 g/mol. The average Bonchev–Trinajstić information content (AvgIpc) is 2.46. The molecule has 2 aromatic rings. The maximum Gasteiger partial charge on any atom is 0.349 e. The van der Waals surface area contributed by atoms with Gasteiger partial charge in [-0.05, 0) is 18.2 Å². The Morgan fingerprint density at radius 2 is 1.26 bits per heavy atom. The Morgan fingerprint density at radius 1 is 0.696 bits per heavy atom. The molecule has 0 heterocycles. The number of carbonyl (C=O) groups is 2. The van der Waals surface area contributed by atoms with E-state index >= 15 is 0 Å². The van der Waals surface area contributed by atoms with E-state index in [1.54, 1.807) is 0 Å². The van der Waals surface area contributed by atoms with Crippen molar-refractivity contribution in [2.45, 2.75) is 0 Å². The van der Waals surface area contributed by atoms with Crippen LogP contribution in [0.4, 0.5) is 17.6 Å². The van der Waals surface area contributed by atoms with E-state index in [-0.39, 0.29) is 0 Å². The van der Waals surface area contributed by atoms with Gasteiger partial charge in [-0.15, -0.1) is 0 Å². The lowest BCUT2D eigenvalue weighted by Gasteiger charge is -2.07. The number of esters is 2. The van der Waals surface area contributed by atoms with Crippen LogP contribution in [0.5, 0.6) is 0 Å². The lowest BCUT2D eigenvalue weighted by molar-refractivity contribution is 0.0394. The van der Waals surface area contributed by atoms with Crippen LogP contribution in [0.3, 0.4) is 0 Å². The van der Waals surface area contributed by atoms with Crippen LogP contribution in [0.25, 0.3) is 0 Å². The molecule has 23 heavy (non-hydrogen) atoms. The quantitative estimate of drug-likeness (QED) is 0.339. The fraction of sp³-hybridized carbons (Fsp3) is 0. The zero-order chi connectivity index (χ0) is 17.3. The molecular formula is C14H4Cl2F4O3. The number of hydrogen-bond donors (Lipinski definition) is 0. The van der Waals surface area contributed by atoms with E-state index in [0.717, 1.165) is 0 Å². The second kappa shape index (κ2) is 6.55. The van der Waals surface area contributed by atoms with E-state index in [2.05, 4.69) is 4.74 Å². The highest BCUT2D eigenvalue weighted by Gasteiger charge is 2.23. The number of hydrogen-bond acceptors (Lipinski definition) is 3. The second-order valence-electron chi connectivity index (χ2n) is 4.17. The summed E-state index contributed by atoms with van der Waals surface area (Å²) in [6.07, 6.45) is 0. The minimum atomic E-state index is -1.50. The van der Waals surface area contributed by atoms with Gasteiger partial charge in [0.1, 0.15) is 11.6 Å². The minimum Gasteiger partial charge on any atom is -0.386 e. The van der Waals surface area contributed by atoms with Gasteiger partial charge >= 0.3 is 11.9 Å². The van der Waals surface area contributed by atoms with Gasteiger partial charge in [0.25, 0.3) is 0 Å². The highest BCUT2D eigenvalue weighted by atomic mass is 35.5. The van der Waals surface area contributed by atoms with Crippen molar-refractivity contribution in [3.05, 3.63) is 68.7 Å². The Bertz CT molecular complexity index is 757. The van der Waals surface area contributed by atoms with Crippen LogP contribution in [-0.4, -0.2) is 11.9 Å². The first-order valence-electron chi connectivity index (χ1n) is 5.76. The smallest absolute Gasteiger partial charge is 0.349 e. The molecule has 0 spiro atoms. The van der Waals surface area contributed by atoms with E-state index in [9.17, 15) is 27.2 Å². The first-order chi connectivity index (χ1) is 10.7. The molecule has 0 aromatic heterocycles. The lowest BCUT2D eigenvalue weighted by Crippen LogP contribution is -2.15. The summed E-state index contributed by atoms with van der Waals surface area (Å²) < 4.78 is 56.8. The third-order valence-corrected chi connectivity index (χ3v) is 3.25. The molecule has 9 heteroatoms. The SMILES string of the molecule is O=C(OC(=O)c1cc(F)c(F)cc1Cl)c1cc(Cl)c(F)cc1F. The molecule has 0 N–H and O–H groups in total. The molecular weight excluding hydrogens is 363 g/mol. The van der Waals surface area contributed by atoms with Gasteiger partial charge in [0.2, 0.25) is 0 Å². The largest absolute Gasteiger partial charge is 0.386 e. The summed E-state index contributed by atoms with van der Waals surface area (Å²) in [5, 5.41) is -1.09. The fourth-order valence-electron chi connectivity index (χ4n) is 1.55. The molecule has 0 amide bonds. The van der Waals surface area contributed by atoms with Crippen molar-refractivity contribution in [3.8, 4) is 0 Å². The van der Waals surface area contributed by atoms with Crippen LogP contribution in [0.15, 0.2) is 24.3 Å². The molecule has 0 unspecified atom stereocenters. The van der Waals surface area contributed by atoms with E-state index in [4.69, 9.17) is 23.2 Å². The molecule has 3 nitrogen and oxygen atoms in total. The number of halogens is 6. The summed E-state index contributed by atoms with van der Waals surface area (Å²) in [6.45, 7) is 0. The molecule has 0 saturated heterocycles. The van der Waals surface area contributed by atoms with Crippen LogP contribution in [0.1, 0.15) is 20.7 Å². The molecule has 2 aromatic carbocycles. The van der Waals surface area contributed by atoms with Gasteiger partial charge in [0.05, 0.1) is 21.2 Å². The van der Waals surface area contributed by atoms with E-state index in [1.165, 1.54) is 0 Å². The third kappa shape index (κ3) is 3.62. The van der Waals surface area contributed by atoms with Gasteiger partial charge in [-0.3, -0.25) is 0 Å². The summed E-state index contributed by atoms with van der Waals surface area (Å²) in [7, 11) is 0. The van der Waals surface area contributed by atoms with Crippen molar-refractivity contribution in [2.24, 2.45) is 0 Å². The van der Waals surface area contributed by atoms with Gasteiger partial charge in [-0.25, -0.2) is 27.2 Å². The third-order valence-electron chi connectivity index (χ3n) is 2.65. The zero-order valence-corrected chi connectivity index (χ0v) is 12.3. The molecule has 0 aliphatic heterocycles. The van der Waals surface area contributed by atoms with Gasteiger partial charge in [-0.1, -0.05) is 23.2 Å². The zero-order valence-electron chi connectivity index (χ0n) is 10.8. The maximum absolute atomic E-state index is 13.5. The van der Waals surface area contributed by atoms with Gasteiger partial charge in [0, 0.05) is 6.07 Å². The summed E-state index contributed by atoms with van der Waals surface area (Å²) in [4.78, 5) is 23.4. The molecule has 0 bridgehead atoms. The molecule has 0 radical (unpaired) electrons. The Kier molecular flexibility index (Phi) is 4.91. The number of ether oxygens (including phenoxy) is 1. The molecule has 120 valence electrons. The number of carbonyl (C=O) groups excluding carboxylic acids is 2. The van der Waals surface area contributed by atoms with Crippen molar-refractivity contribution < 1.29 is 31.9 Å². The Labute approximate surface area is 136 Å². The lowest BCUT2D eigenvalue weighted by atomic mass is 10.2. The second-order valence-corrected chi connectivity index (χ2v) is 4.98. The van der Waals surface area contributed by atoms with Crippen molar-refractivity contribution in [2.75, 3.05) is 0 Å². The number of benzene rings is 2. The summed E-state index contributed by atoms with van der Waals surface area (Å²) in [5.41, 5.74) is -1.46. The van der Waals surface area contributed by atoms with Crippen molar-refractivity contribution in [1.82, 2.24) is 0 Å². The minimum absolute atomic E-state index is 0.327. The van der Waals surface area contributed by atoms with Crippen molar-refractivity contribution in [3.63, 3.8) is 0 Å². The van der Waals surface area contributed by atoms with Crippen LogP contribution in [0, 0.1) is 23.3 Å². The summed E-state index contributed by atoms with van der Waals surface area (Å²) in [5.74, 6) is -8.09. The van der Waals surface area contributed by atoms with Gasteiger partial charge in [0.15, 0.2) is 11.6 Å². The van der Waals surface area contributed by atoms with Crippen LogP contribution in [-0.2, 0) is 4.74 Å². The molecule has 0 aliphatic carbocycles. The maximum atomic E-state index is 13.5. The van der Waals surface area contributed by atoms with Gasteiger partial charge in [-0.2, -0.15) is 0 Å². The van der Waals surface area contributed by atoms with Crippen molar-refractivity contribution >= 4 is 35.1 Å². The molecule has 0 saturated carbocycles. The van der Waals surface area contributed by atoms with E-state index < -0.39 is 56.4 Å². The van der Waals surface area contributed by atoms with E-state index in [0.29, 0.717) is 24.3 Å². The molecule has 2 rings (SSSR count). The van der Waals surface area contributed by atoms with Crippen LogP contribution in [0.2, 0.25) is 10.0 Å². The molecule has 0 atom stereocenters. The molecule has 0 aliphatic rings. The predicted octanol–water partition coefficient (Wildman–Crippen LogP) is 4.55.